The molecule has 0 spiro atoms. The molecule has 27 heavy (non-hydrogen) atoms. The van der Waals surface area contributed by atoms with Crippen molar-refractivity contribution in [1.82, 2.24) is 10.3 Å². The molecule has 5 heteroatoms. The molecule has 2 aromatic carbocycles. The van der Waals surface area contributed by atoms with Gasteiger partial charge in [-0.1, -0.05) is 41.9 Å². The van der Waals surface area contributed by atoms with Gasteiger partial charge in [-0.3, -0.25) is 0 Å². The largest absolute Gasteiger partial charge is 0.489 e. The molecule has 0 amide bonds. The van der Waals surface area contributed by atoms with E-state index in [1.54, 1.807) is 6.20 Å². The van der Waals surface area contributed by atoms with Crippen molar-refractivity contribution in [3.8, 4) is 11.6 Å². The highest BCUT2D eigenvalue weighted by molar-refractivity contribution is 6.30. The van der Waals surface area contributed by atoms with Crippen LogP contribution in [0.25, 0.3) is 0 Å². The van der Waals surface area contributed by atoms with Crippen LogP contribution in [0.2, 0.25) is 5.02 Å². The SMILES string of the molecule is Clc1ccc(COc2ccc(CNCCCOc3ccccn3)cc2)cc1. The average molecular weight is 383 g/mol. The number of nitrogens with zero attached hydrogens (tertiary/aromatic N) is 1. The second kappa shape index (κ2) is 10.6. The predicted octanol–water partition coefficient (Wildman–Crippen LogP) is 4.87. The van der Waals surface area contributed by atoms with E-state index in [0.29, 0.717) is 19.1 Å². The van der Waals surface area contributed by atoms with Crippen LogP contribution in [-0.2, 0) is 13.2 Å². The Balaban J connectivity index is 1.31. The summed E-state index contributed by atoms with van der Waals surface area (Å²) in [5.41, 5.74) is 2.32. The lowest BCUT2D eigenvalue weighted by atomic mass is 10.2. The number of benzene rings is 2. The molecular formula is C22H23ClN2O2. The van der Waals surface area contributed by atoms with Gasteiger partial charge in [0.05, 0.1) is 6.61 Å². The van der Waals surface area contributed by atoms with Crippen molar-refractivity contribution in [2.24, 2.45) is 0 Å². The first kappa shape index (κ1) is 19.2. The van der Waals surface area contributed by atoms with E-state index >= 15 is 0 Å². The van der Waals surface area contributed by atoms with Crippen LogP contribution in [0.1, 0.15) is 17.5 Å². The molecule has 0 fully saturated rings. The topological polar surface area (TPSA) is 43.4 Å². The zero-order valence-electron chi connectivity index (χ0n) is 15.1. The van der Waals surface area contributed by atoms with E-state index in [0.717, 1.165) is 35.8 Å². The van der Waals surface area contributed by atoms with Crippen molar-refractivity contribution in [3.05, 3.63) is 89.1 Å². The molecule has 0 saturated heterocycles. The van der Waals surface area contributed by atoms with Crippen LogP contribution in [0, 0.1) is 0 Å². The van der Waals surface area contributed by atoms with Gasteiger partial charge in [-0.25, -0.2) is 4.98 Å². The molecular weight excluding hydrogens is 360 g/mol. The second-order valence-electron chi connectivity index (χ2n) is 6.11. The minimum absolute atomic E-state index is 0.533. The summed E-state index contributed by atoms with van der Waals surface area (Å²) in [5.74, 6) is 1.53. The molecule has 0 aliphatic rings. The molecule has 4 nitrogen and oxygen atoms in total. The zero-order chi connectivity index (χ0) is 18.7. The van der Waals surface area contributed by atoms with Crippen LogP contribution in [0.4, 0.5) is 0 Å². The fraction of sp³-hybridized carbons (Fsp3) is 0.227. The van der Waals surface area contributed by atoms with Gasteiger partial charge in [-0.05, 0) is 54.4 Å². The Bertz CT molecular complexity index is 793. The molecule has 0 atom stereocenters. The van der Waals surface area contributed by atoms with Crippen molar-refractivity contribution in [2.75, 3.05) is 13.2 Å². The molecule has 0 aliphatic heterocycles. The number of nitrogens with one attached hydrogen (secondary N) is 1. The third-order valence-corrected chi connectivity index (χ3v) is 4.21. The molecule has 1 heterocycles. The van der Waals surface area contributed by atoms with Gasteiger partial charge in [-0.2, -0.15) is 0 Å². The lowest BCUT2D eigenvalue weighted by Crippen LogP contribution is -2.17. The normalized spacial score (nSPS) is 10.6. The maximum Gasteiger partial charge on any atom is 0.213 e. The van der Waals surface area contributed by atoms with Gasteiger partial charge in [0.2, 0.25) is 5.88 Å². The number of pyridine rings is 1. The summed E-state index contributed by atoms with van der Waals surface area (Å²) in [7, 11) is 0. The van der Waals surface area contributed by atoms with Crippen LogP contribution in [0.3, 0.4) is 0 Å². The molecule has 0 bridgehead atoms. The first-order valence-corrected chi connectivity index (χ1v) is 9.38. The summed E-state index contributed by atoms with van der Waals surface area (Å²) in [6.07, 6.45) is 2.66. The Hall–Kier alpha value is -2.56. The van der Waals surface area contributed by atoms with Crippen molar-refractivity contribution in [2.45, 2.75) is 19.6 Å². The van der Waals surface area contributed by atoms with Gasteiger partial charge >= 0.3 is 0 Å². The third kappa shape index (κ3) is 6.93. The molecule has 1 aromatic heterocycles. The highest BCUT2D eigenvalue weighted by Gasteiger charge is 1.99. The van der Waals surface area contributed by atoms with Crippen molar-refractivity contribution < 1.29 is 9.47 Å². The van der Waals surface area contributed by atoms with Crippen LogP contribution in [0.5, 0.6) is 11.6 Å². The molecule has 0 radical (unpaired) electrons. The number of hydrogen-bond donors (Lipinski definition) is 1. The Morgan fingerprint density at radius 2 is 1.63 bits per heavy atom. The fourth-order valence-corrected chi connectivity index (χ4v) is 2.62. The maximum atomic E-state index is 5.89. The Kier molecular flexibility index (Phi) is 7.51. The smallest absolute Gasteiger partial charge is 0.213 e. The summed E-state index contributed by atoms with van der Waals surface area (Å²) in [5, 5.41) is 4.15. The number of ether oxygens (including phenoxy) is 2. The van der Waals surface area contributed by atoms with Gasteiger partial charge in [0.15, 0.2) is 0 Å². The van der Waals surface area contributed by atoms with Crippen LogP contribution < -0.4 is 14.8 Å². The molecule has 0 unspecified atom stereocenters. The Labute approximate surface area is 165 Å². The van der Waals surface area contributed by atoms with Crippen molar-refractivity contribution in [1.29, 1.82) is 0 Å². The Morgan fingerprint density at radius 1 is 0.852 bits per heavy atom. The third-order valence-electron chi connectivity index (χ3n) is 3.96. The first-order valence-electron chi connectivity index (χ1n) is 9.00. The van der Waals surface area contributed by atoms with E-state index in [1.807, 2.05) is 54.6 Å². The monoisotopic (exact) mass is 382 g/mol. The molecule has 3 rings (SSSR count). The number of rotatable bonds is 10. The molecule has 0 saturated carbocycles. The predicted molar refractivity (Wildman–Crippen MR) is 108 cm³/mol. The average Bonchev–Trinajstić information content (AvgIpc) is 2.72. The van der Waals surface area contributed by atoms with Gasteiger partial charge in [-0.15, -0.1) is 0 Å². The lowest BCUT2D eigenvalue weighted by molar-refractivity contribution is 0.296. The maximum absolute atomic E-state index is 5.89. The standard InChI is InChI=1S/C22H23ClN2O2/c23-20-9-5-19(6-10-20)17-27-21-11-7-18(8-12-21)16-24-13-3-15-26-22-4-1-2-14-25-22/h1-2,4-12,14,24H,3,13,15-17H2. The van der Waals surface area contributed by atoms with E-state index in [1.165, 1.54) is 5.56 Å². The second-order valence-corrected chi connectivity index (χ2v) is 6.54. The van der Waals surface area contributed by atoms with E-state index < -0.39 is 0 Å². The molecule has 140 valence electrons. The van der Waals surface area contributed by atoms with E-state index in [4.69, 9.17) is 21.1 Å². The number of hydrogen-bond acceptors (Lipinski definition) is 4. The summed E-state index contributed by atoms with van der Waals surface area (Å²) in [4.78, 5) is 4.13. The minimum Gasteiger partial charge on any atom is -0.489 e. The lowest BCUT2D eigenvalue weighted by Gasteiger charge is -2.09. The fourth-order valence-electron chi connectivity index (χ4n) is 2.49. The highest BCUT2D eigenvalue weighted by atomic mass is 35.5. The van der Waals surface area contributed by atoms with E-state index in [2.05, 4.69) is 22.4 Å². The van der Waals surface area contributed by atoms with Gasteiger partial charge < -0.3 is 14.8 Å². The van der Waals surface area contributed by atoms with Gasteiger partial charge in [0.25, 0.3) is 0 Å². The van der Waals surface area contributed by atoms with Crippen molar-refractivity contribution >= 4 is 11.6 Å². The van der Waals surface area contributed by atoms with Crippen LogP contribution >= 0.6 is 11.6 Å². The van der Waals surface area contributed by atoms with Gasteiger partial charge in [0.1, 0.15) is 12.4 Å². The zero-order valence-corrected chi connectivity index (χ0v) is 15.9. The molecule has 1 N–H and O–H groups in total. The summed E-state index contributed by atoms with van der Waals surface area (Å²) >= 11 is 5.89. The van der Waals surface area contributed by atoms with Crippen LogP contribution in [0.15, 0.2) is 72.9 Å². The number of aromatic nitrogens is 1. The van der Waals surface area contributed by atoms with Crippen molar-refractivity contribution in [3.63, 3.8) is 0 Å². The Morgan fingerprint density at radius 3 is 2.37 bits per heavy atom. The van der Waals surface area contributed by atoms with E-state index in [9.17, 15) is 0 Å². The summed E-state index contributed by atoms with van der Waals surface area (Å²) in [6, 6.07) is 21.5. The quantitative estimate of drug-likeness (QED) is 0.508. The number of halogens is 1. The summed E-state index contributed by atoms with van der Waals surface area (Å²) in [6.45, 7) is 2.90. The summed E-state index contributed by atoms with van der Waals surface area (Å²) < 4.78 is 11.4. The molecule has 3 aromatic rings. The minimum atomic E-state index is 0.533. The van der Waals surface area contributed by atoms with Gasteiger partial charge in [0, 0.05) is 23.8 Å². The highest BCUT2D eigenvalue weighted by Crippen LogP contribution is 2.15. The molecule has 0 aliphatic carbocycles. The van der Waals surface area contributed by atoms with Crippen LogP contribution in [-0.4, -0.2) is 18.1 Å². The first-order chi connectivity index (χ1) is 13.3. The van der Waals surface area contributed by atoms with E-state index in [-0.39, 0.29) is 0 Å².